The fraction of sp³-hybridized carbons (Fsp3) is 0.500. The predicted molar refractivity (Wildman–Crippen MR) is 114 cm³/mol. The predicted octanol–water partition coefficient (Wildman–Crippen LogP) is 1.28. The van der Waals surface area contributed by atoms with Crippen LogP contribution >= 0.6 is 0 Å². The number of cyclic esters (lactones) is 2. The van der Waals surface area contributed by atoms with E-state index in [0.29, 0.717) is 6.41 Å². The number of hydrogen-bond donors (Lipinski definition) is 3. The van der Waals surface area contributed by atoms with Gasteiger partial charge < -0.3 is 30.0 Å². The lowest BCUT2D eigenvalue weighted by Crippen LogP contribution is -2.50. The van der Waals surface area contributed by atoms with Crippen LogP contribution in [-0.2, 0) is 33.4 Å². The number of amides is 2. The number of nitrogens with one attached hydrogen (secondary N) is 2. The van der Waals surface area contributed by atoms with Crippen molar-refractivity contribution in [1.29, 1.82) is 0 Å². The van der Waals surface area contributed by atoms with Gasteiger partial charge in [0.05, 0.1) is 17.7 Å². The first kappa shape index (κ1) is 25.6. The summed E-state index contributed by atoms with van der Waals surface area (Å²) in [5, 5.41) is 14.9. The Morgan fingerprint density at radius 3 is 2.55 bits per heavy atom. The maximum absolute atomic E-state index is 12.8. The molecule has 0 aromatic heterocycles. The van der Waals surface area contributed by atoms with Crippen LogP contribution in [0.1, 0.15) is 50.9 Å². The number of hydrogen-bond acceptors (Lipinski definition) is 9. The minimum Gasteiger partial charge on any atom is -0.505 e. The fourth-order valence-electron chi connectivity index (χ4n) is 3.17. The van der Waals surface area contributed by atoms with E-state index in [0.717, 1.165) is 0 Å². The van der Waals surface area contributed by atoms with Crippen molar-refractivity contribution in [3.8, 4) is 5.75 Å². The van der Waals surface area contributed by atoms with E-state index < -0.39 is 53.9 Å². The van der Waals surface area contributed by atoms with Crippen molar-refractivity contribution in [1.82, 2.24) is 5.32 Å². The molecule has 1 fully saturated rings. The Morgan fingerprint density at radius 2 is 1.91 bits per heavy atom. The van der Waals surface area contributed by atoms with Crippen LogP contribution in [0, 0.1) is 5.92 Å². The van der Waals surface area contributed by atoms with Crippen molar-refractivity contribution < 1.29 is 43.3 Å². The Morgan fingerprint density at radius 1 is 1.21 bits per heavy atom. The van der Waals surface area contributed by atoms with Gasteiger partial charge in [-0.05, 0) is 31.9 Å². The first-order valence-electron chi connectivity index (χ1n) is 10.5. The summed E-state index contributed by atoms with van der Waals surface area (Å²) in [6.07, 6.45) is -3.03. The Balaban J connectivity index is 2.21. The number of carbonyl (C=O) groups excluding carboxylic acids is 5. The van der Waals surface area contributed by atoms with Gasteiger partial charge in [-0.15, -0.1) is 0 Å². The van der Waals surface area contributed by atoms with Crippen LogP contribution in [0.4, 0.5) is 5.69 Å². The second-order valence-electron chi connectivity index (χ2n) is 8.08. The van der Waals surface area contributed by atoms with E-state index in [1.54, 1.807) is 0 Å². The van der Waals surface area contributed by atoms with Crippen LogP contribution in [0.25, 0.3) is 0 Å². The SMILES string of the molecule is CC(C)CC(=O)OC1CC(=O)OC(C)C(NC(=O)c2cccc(NC=O)c2O)C(=O)OC1C. The number of phenolic OH excluding ortho intramolecular Hbond substituents is 1. The number of carbonyl (C=O) groups is 5. The molecule has 1 aliphatic rings. The monoisotopic (exact) mass is 464 g/mol. The van der Waals surface area contributed by atoms with E-state index in [-0.39, 0.29) is 30.0 Å². The highest BCUT2D eigenvalue weighted by Gasteiger charge is 2.38. The van der Waals surface area contributed by atoms with E-state index in [2.05, 4.69) is 10.6 Å². The van der Waals surface area contributed by atoms with Gasteiger partial charge in [0.15, 0.2) is 11.8 Å². The smallest absolute Gasteiger partial charge is 0.332 e. The summed E-state index contributed by atoms with van der Waals surface area (Å²) in [6.45, 7) is 6.52. The number of anilines is 1. The molecule has 33 heavy (non-hydrogen) atoms. The largest absolute Gasteiger partial charge is 0.505 e. The van der Waals surface area contributed by atoms with E-state index in [1.165, 1.54) is 32.0 Å². The fourth-order valence-corrected chi connectivity index (χ4v) is 3.17. The van der Waals surface area contributed by atoms with Crippen LogP contribution in [0.15, 0.2) is 18.2 Å². The Labute approximate surface area is 190 Å². The Bertz CT molecular complexity index is 915. The van der Waals surface area contributed by atoms with Gasteiger partial charge in [-0.2, -0.15) is 0 Å². The van der Waals surface area contributed by atoms with E-state index in [9.17, 15) is 29.1 Å². The molecule has 4 atom stereocenters. The summed E-state index contributed by atoms with van der Waals surface area (Å²) in [4.78, 5) is 60.6. The van der Waals surface area contributed by atoms with Crippen molar-refractivity contribution >= 4 is 35.9 Å². The molecule has 2 rings (SSSR count). The first-order chi connectivity index (χ1) is 15.5. The van der Waals surface area contributed by atoms with Crippen molar-refractivity contribution in [2.24, 2.45) is 5.92 Å². The molecule has 11 heteroatoms. The number of phenols is 1. The van der Waals surface area contributed by atoms with Gasteiger partial charge in [-0.1, -0.05) is 19.9 Å². The standard InChI is InChI=1S/C22H28N2O9/c1-11(2)8-17(26)33-16-9-18(27)31-13(4)19(22(30)32-12(16)3)24-21(29)14-6-5-7-15(20(14)28)23-10-25/h5-7,10-13,16,19,28H,8-9H2,1-4H3,(H,23,25)(H,24,29). The number of esters is 3. The topological polar surface area (TPSA) is 157 Å². The molecule has 0 saturated carbocycles. The number of rotatable bonds is 7. The molecule has 1 heterocycles. The zero-order valence-electron chi connectivity index (χ0n) is 18.8. The van der Waals surface area contributed by atoms with Crippen molar-refractivity contribution in [2.75, 3.05) is 5.32 Å². The molecule has 11 nitrogen and oxygen atoms in total. The molecule has 3 N–H and O–H groups in total. The second-order valence-corrected chi connectivity index (χ2v) is 8.08. The second kappa shape index (κ2) is 11.3. The molecule has 0 radical (unpaired) electrons. The molecule has 4 unspecified atom stereocenters. The summed E-state index contributed by atoms with van der Waals surface area (Å²) >= 11 is 0. The maximum Gasteiger partial charge on any atom is 0.332 e. The van der Waals surface area contributed by atoms with Gasteiger partial charge in [-0.25, -0.2) is 4.79 Å². The molecule has 0 spiro atoms. The van der Waals surface area contributed by atoms with E-state index in [4.69, 9.17) is 14.2 Å². The van der Waals surface area contributed by atoms with Gasteiger partial charge in [0.2, 0.25) is 6.41 Å². The lowest BCUT2D eigenvalue weighted by Gasteiger charge is -2.25. The summed E-state index contributed by atoms with van der Waals surface area (Å²) in [5.41, 5.74) is -0.226. The quantitative estimate of drug-likeness (QED) is 0.234. The maximum atomic E-state index is 12.8. The number of benzene rings is 1. The molecule has 0 bridgehead atoms. The van der Waals surface area contributed by atoms with Gasteiger partial charge in [-0.3, -0.25) is 19.2 Å². The molecule has 1 aromatic rings. The molecule has 1 aromatic carbocycles. The van der Waals surface area contributed by atoms with Crippen molar-refractivity contribution in [2.45, 2.75) is 64.9 Å². The zero-order chi connectivity index (χ0) is 24.7. The van der Waals surface area contributed by atoms with Crippen LogP contribution in [0.2, 0.25) is 0 Å². The molecular formula is C22H28N2O9. The summed E-state index contributed by atoms with van der Waals surface area (Å²) in [6, 6.07) is 2.67. The Hall–Kier alpha value is -3.63. The number of ether oxygens (including phenoxy) is 3. The van der Waals surface area contributed by atoms with Crippen LogP contribution in [0.3, 0.4) is 0 Å². The lowest BCUT2D eigenvalue weighted by atomic mass is 10.1. The van der Waals surface area contributed by atoms with Crippen LogP contribution in [-0.4, -0.2) is 59.7 Å². The lowest BCUT2D eigenvalue weighted by molar-refractivity contribution is -0.169. The average molecular weight is 464 g/mol. The number of para-hydroxylation sites is 1. The third-order valence-corrected chi connectivity index (χ3v) is 4.87. The highest BCUT2D eigenvalue weighted by Crippen LogP contribution is 2.27. The highest BCUT2D eigenvalue weighted by molar-refractivity contribution is 6.01. The highest BCUT2D eigenvalue weighted by atomic mass is 16.6. The third-order valence-electron chi connectivity index (χ3n) is 4.87. The molecule has 1 aliphatic heterocycles. The van der Waals surface area contributed by atoms with Gasteiger partial charge in [0.1, 0.15) is 18.3 Å². The summed E-state index contributed by atoms with van der Waals surface area (Å²) in [7, 11) is 0. The molecule has 180 valence electrons. The third kappa shape index (κ3) is 6.93. The summed E-state index contributed by atoms with van der Waals surface area (Å²) < 4.78 is 15.9. The number of aromatic hydroxyl groups is 1. The average Bonchev–Trinajstić information content (AvgIpc) is 2.74. The minimum atomic E-state index is -1.41. The van der Waals surface area contributed by atoms with E-state index in [1.807, 2.05) is 13.8 Å². The van der Waals surface area contributed by atoms with Gasteiger partial charge in [0.25, 0.3) is 5.91 Å². The molecule has 2 amide bonds. The van der Waals surface area contributed by atoms with Crippen LogP contribution < -0.4 is 10.6 Å². The van der Waals surface area contributed by atoms with Gasteiger partial charge in [0, 0.05) is 6.42 Å². The Kier molecular flexibility index (Phi) is 8.78. The molecular weight excluding hydrogens is 436 g/mol. The van der Waals surface area contributed by atoms with Gasteiger partial charge >= 0.3 is 17.9 Å². The van der Waals surface area contributed by atoms with Crippen molar-refractivity contribution in [3.05, 3.63) is 23.8 Å². The summed E-state index contributed by atoms with van der Waals surface area (Å²) in [5.74, 6) is -3.52. The molecule has 1 saturated heterocycles. The first-order valence-corrected chi connectivity index (χ1v) is 10.5. The molecule has 0 aliphatic carbocycles. The van der Waals surface area contributed by atoms with E-state index >= 15 is 0 Å². The zero-order valence-corrected chi connectivity index (χ0v) is 18.8. The normalized spacial score (nSPS) is 23.3. The van der Waals surface area contributed by atoms with Crippen molar-refractivity contribution in [3.63, 3.8) is 0 Å². The minimum absolute atomic E-state index is 0.00570. The van der Waals surface area contributed by atoms with Crippen LogP contribution in [0.5, 0.6) is 5.75 Å².